The summed E-state index contributed by atoms with van der Waals surface area (Å²) in [6.45, 7) is 6.96. The maximum Gasteiger partial charge on any atom is 0.255 e. The van der Waals surface area contributed by atoms with Gasteiger partial charge in [-0.3, -0.25) is 9.59 Å². The van der Waals surface area contributed by atoms with Crippen LogP contribution in [-0.4, -0.2) is 54.9 Å². The SMILES string of the molecule is CCC1C(COc2ncc(C#CC3CCOCC3)c3cc(C(N)=O)c(OC(C)C)cc23)NC(=O)C1F. The number of carbonyl (C=O) groups excluding carboxylic acids is 2. The van der Waals surface area contributed by atoms with Gasteiger partial charge in [0.05, 0.1) is 23.3 Å². The number of benzene rings is 1. The molecule has 2 saturated heterocycles. The number of fused-ring (bicyclic) bond motifs is 1. The smallest absolute Gasteiger partial charge is 0.255 e. The van der Waals surface area contributed by atoms with Crippen molar-refractivity contribution in [2.75, 3.05) is 19.8 Å². The van der Waals surface area contributed by atoms with Crippen molar-refractivity contribution in [3.63, 3.8) is 0 Å². The molecule has 2 fully saturated rings. The average Bonchev–Trinajstić information content (AvgIpc) is 3.13. The van der Waals surface area contributed by atoms with E-state index in [1.54, 1.807) is 18.3 Å². The van der Waals surface area contributed by atoms with Crippen LogP contribution in [0.2, 0.25) is 0 Å². The number of nitrogens with one attached hydrogen (secondary N) is 1. The van der Waals surface area contributed by atoms with Crippen LogP contribution in [0.1, 0.15) is 56.0 Å². The molecule has 8 nitrogen and oxygen atoms in total. The zero-order valence-corrected chi connectivity index (χ0v) is 20.8. The van der Waals surface area contributed by atoms with Crippen LogP contribution in [0.4, 0.5) is 4.39 Å². The van der Waals surface area contributed by atoms with E-state index in [4.69, 9.17) is 19.9 Å². The number of nitrogens with two attached hydrogens (primary N) is 1. The Morgan fingerprint density at radius 1 is 1.31 bits per heavy atom. The lowest BCUT2D eigenvalue weighted by Crippen LogP contribution is -2.34. The number of hydrogen-bond donors (Lipinski definition) is 2. The predicted octanol–water partition coefficient (Wildman–Crippen LogP) is 3.14. The summed E-state index contributed by atoms with van der Waals surface area (Å²) in [5.41, 5.74) is 6.53. The van der Waals surface area contributed by atoms with Crippen molar-refractivity contribution in [3.8, 4) is 23.5 Å². The molecule has 1 aromatic heterocycles. The standard InChI is InChI=1S/C27H32FN3O5/c1-4-18-22(31-26(33)24(18)28)14-35-27-20-12-23(36-15(2)3)21(25(29)32)11-19(20)17(13-30-27)6-5-16-7-9-34-10-8-16/h11-13,15-16,18,22,24H,4,7-10,14H2,1-3H3,(H2,29,32)(H,31,33). The van der Waals surface area contributed by atoms with E-state index in [-0.39, 0.29) is 30.1 Å². The molecule has 192 valence electrons. The number of rotatable bonds is 7. The van der Waals surface area contributed by atoms with Crippen molar-refractivity contribution < 1.29 is 28.2 Å². The first kappa shape index (κ1) is 25.7. The number of amides is 2. The Kier molecular flexibility index (Phi) is 7.94. The third kappa shape index (κ3) is 5.54. The van der Waals surface area contributed by atoms with Crippen molar-refractivity contribution in [1.29, 1.82) is 0 Å². The minimum Gasteiger partial charge on any atom is -0.490 e. The maximum atomic E-state index is 14.2. The quantitative estimate of drug-likeness (QED) is 0.569. The van der Waals surface area contributed by atoms with Gasteiger partial charge in [0, 0.05) is 42.0 Å². The van der Waals surface area contributed by atoms with Crippen LogP contribution in [0.25, 0.3) is 10.8 Å². The molecule has 4 rings (SSSR count). The first-order valence-corrected chi connectivity index (χ1v) is 12.4. The summed E-state index contributed by atoms with van der Waals surface area (Å²) in [4.78, 5) is 28.6. The zero-order chi connectivity index (χ0) is 25.8. The number of carbonyl (C=O) groups is 2. The maximum absolute atomic E-state index is 14.2. The highest BCUT2D eigenvalue weighted by Gasteiger charge is 2.41. The number of aromatic nitrogens is 1. The van der Waals surface area contributed by atoms with E-state index in [1.165, 1.54) is 0 Å². The number of ether oxygens (including phenoxy) is 3. The molecule has 2 amide bonds. The fourth-order valence-electron chi connectivity index (χ4n) is 4.62. The largest absolute Gasteiger partial charge is 0.490 e. The highest BCUT2D eigenvalue weighted by molar-refractivity contribution is 6.03. The van der Waals surface area contributed by atoms with Gasteiger partial charge in [-0.25, -0.2) is 9.37 Å². The fraction of sp³-hybridized carbons (Fsp3) is 0.519. The third-order valence-electron chi connectivity index (χ3n) is 6.55. The van der Waals surface area contributed by atoms with Crippen LogP contribution in [-0.2, 0) is 9.53 Å². The van der Waals surface area contributed by atoms with Gasteiger partial charge in [0.15, 0.2) is 6.17 Å². The highest BCUT2D eigenvalue weighted by atomic mass is 19.1. The number of alkyl halides is 1. The van der Waals surface area contributed by atoms with Gasteiger partial charge in [-0.2, -0.15) is 0 Å². The van der Waals surface area contributed by atoms with Crippen molar-refractivity contribution in [1.82, 2.24) is 10.3 Å². The normalized spacial score (nSPS) is 22.2. The molecule has 3 atom stereocenters. The summed E-state index contributed by atoms with van der Waals surface area (Å²) in [5.74, 6) is 5.60. The lowest BCUT2D eigenvalue weighted by molar-refractivity contribution is -0.123. The van der Waals surface area contributed by atoms with Crippen molar-refractivity contribution >= 4 is 22.6 Å². The van der Waals surface area contributed by atoms with Crippen LogP contribution < -0.4 is 20.5 Å². The summed E-state index contributed by atoms with van der Waals surface area (Å²) in [7, 11) is 0. The second kappa shape index (κ2) is 11.1. The summed E-state index contributed by atoms with van der Waals surface area (Å²) in [5, 5.41) is 3.90. The van der Waals surface area contributed by atoms with Gasteiger partial charge < -0.3 is 25.3 Å². The van der Waals surface area contributed by atoms with Gasteiger partial charge >= 0.3 is 0 Å². The molecule has 0 radical (unpaired) electrons. The first-order chi connectivity index (χ1) is 17.3. The minimum absolute atomic E-state index is 0.0534. The Labute approximate surface area is 210 Å². The first-order valence-electron chi connectivity index (χ1n) is 12.4. The van der Waals surface area contributed by atoms with Gasteiger partial charge in [0.2, 0.25) is 5.88 Å². The Bertz CT molecular complexity index is 1200. The monoisotopic (exact) mass is 497 g/mol. The molecule has 2 aliphatic rings. The second-order valence-corrected chi connectivity index (χ2v) is 9.46. The zero-order valence-electron chi connectivity index (χ0n) is 20.8. The topological polar surface area (TPSA) is 113 Å². The van der Waals surface area contributed by atoms with E-state index in [1.807, 2.05) is 20.8 Å². The molecule has 3 heterocycles. The van der Waals surface area contributed by atoms with E-state index in [0.717, 1.165) is 12.8 Å². The minimum atomic E-state index is -1.56. The van der Waals surface area contributed by atoms with E-state index >= 15 is 0 Å². The molecule has 0 saturated carbocycles. The van der Waals surface area contributed by atoms with Crippen LogP contribution in [0.5, 0.6) is 11.6 Å². The number of nitrogens with zero attached hydrogens (tertiary/aromatic N) is 1. The fourth-order valence-corrected chi connectivity index (χ4v) is 4.62. The molecular weight excluding hydrogens is 465 g/mol. The second-order valence-electron chi connectivity index (χ2n) is 9.46. The summed E-state index contributed by atoms with van der Waals surface area (Å²) in [6.07, 6.45) is 2.06. The summed E-state index contributed by atoms with van der Waals surface area (Å²) >= 11 is 0. The van der Waals surface area contributed by atoms with E-state index in [9.17, 15) is 14.0 Å². The molecule has 0 spiro atoms. The van der Waals surface area contributed by atoms with Gasteiger partial charge in [-0.15, -0.1) is 0 Å². The number of pyridine rings is 1. The van der Waals surface area contributed by atoms with E-state index < -0.39 is 29.9 Å². The van der Waals surface area contributed by atoms with Gasteiger partial charge in [-0.1, -0.05) is 18.8 Å². The molecule has 9 heteroatoms. The highest BCUT2D eigenvalue weighted by Crippen LogP contribution is 2.34. The van der Waals surface area contributed by atoms with Crippen molar-refractivity contribution in [3.05, 3.63) is 29.5 Å². The Morgan fingerprint density at radius 3 is 2.72 bits per heavy atom. The Morgan fingerprint density at radius 2 is 2.06 bits per heavy atom. The van der Waals surface area contributed by atoms with Gasteiger partial charge in [0.25, 0.3) is 11.8 Å². The Balaban J connectivity index is 1.73. The molecule has 0 bridgehead atoms. The van der Waals surface area contributed by atoms with E-state index in [2.05, 4.69) is 22.1 Å². The molecule has 1 aromatic carbocycles. The Hall–Kier alpha value is -3.38. The summed E-state index contributed by atoms with van der Waals surface area (Å²) < 4.78 is 31.5. The van der Waals surface area contributed by atoms with Crippen molar-refractivity contribution in [2.24, 2.45) is 17.6 Å². The van der Waals surface area contributed by atoms with Crippen LogP contribution in [0.3, 0.4) is 0 Å². The third-order valence-corrected chi connectivity index (χ3v) is 6.55. The molecule has 2 aliphatic heterocycles. The number of halogens is 1. The predicted molar refractivity (Wildman–Crippen MR) is 133 cm³/mol. The van der Waals surface area contributed by atoms with E-state index in [0.29, 0.717) is 41.7 Å². The average molecular weight is 498 g/mol. The lowest BCUT2D eigenvalue weighted by atomic mass is 9.97. The van der Waals surface area contributed by atoms with Gasteiger partial charge in [-0.05, 0) is 45.2 Å². The van der Waals surface area contributed by atoms with Crippen LogP contribution in [0.15, 0.2) is 18.3 Å². The molecule has 3 unspecified atom stereocenters. The van der Waals surface area contributed by atoms with Gasteiger partial charge in [0.1, 0.15) is 12.4 Å². The van der Waals surface area contributed by atoms with Crippen LogP contribution in [0, 0.1) is 23.7 Å². The number of hydrogen-bond acceptors (Lipinski definition) is 6. The van der Waals surface area contributed by atoms with Crippen molar-refractivity contribution in [2.45, 2.75) is 58.4 Å². The summed E-state index contributed by atoms with van der Waals surface area (Å²) in [6, 6.07) is 2.86. The molecule has 3 N–H and O–H groups in total. The lowest BCUT2D eigenvalue weighted by Gasteiger charge is -2.20. The molecular formula is C27H32FN3O5. The molecule has 0 aliphatic carbocycles. The molecule has 2 aromatic rings. The van der Waals surface area contributed by atoms with Crippen LogP contribution >= 0.6 is 0 Å². The molecule has 36 heavy (non-hydrogen) atoms. The number of primary amides is 1.